The van der Waals surface area contributed by atoms with Crippen molar-refractivity contribution < 1.29 is 112 Å². The molecule has 0 bridgehead atoms. The van der Waals surface area contributed by atoms with Gasteiger partial charge in [-0.1, -0.05) is 46.2 Å². The maximum atomic E-state index is 14.6. The molecule has 1 aliphatic rings. The molecule has 120 heavy (non-hydrogen) atoms. The zero-order chi connectivity index (χ0) is 90.6. The Kier molecular flexibility index (Phi) is 48.3. The minimum absolute atomic E-state index is 0.0111. The standard InChI is InChI=1S/C73H125N23O23S/c1-7-37(4)55(94-63(110)46(18-13-29-82-73(79)80)84-61(108)45(17-12-28-81-72(77)78)85-64(111)48(89-58(105)42(76)32-97)31-40-20-22-41(101)23-21-40)68(115)95-56(39(6)100)69(116)91-50(34-99)66(113)90-49(33-98)65(112)86-43(15-8-10-26-74)62(109)92-51(35-120)70(117)96-30-14-19-52(96)67(114)88-44(16-9-11-27-75)60(107)87-47(24-25-53(102)103)59(106)83-38(5)57(104)93-54(36(2)3)71(118)119/h20-23,36-39,42-52,54-56,97-101,120H,7-19,24-35,74-76H2,1-6H3,(H,83,106)(H,84,108)(H,85,111)(H,86,112)(H,87,107)(H,88,114)(H,89,105)(H,90,113)(H,91,116)(H,92,109)(H,93,104)(H,94,110)(H,95,115)(H,102,103)(H,118,119)(H4,77,78,81)(H4,79,80,82)/t37-,38-,39+,42-,43-,44-,45-,46-,47-,48-,49-,50-,51-,52-,54-,55-,56-/m0/s1. The van der Waals surface area contributed by atoms with Crippen LogP contribution in [0.5, 0.6) is 5.75 Å². The summed E-state index contributed by atoms with van der Waals surface area (Å²) in [6, 6.07) is -18.0. The second-order valence-corrected chi connectivity index (χ2v) is 29.6. The van der Waals surface area contributed by atoms with Gasteiger partial charge in [-0.15, -0.1) is 0 Å². The topological polar surface area (TPSA) is 781 Å². The maximum absolute atomic E-state index is 14.6. The Balaban J connectivity index is 2.41. The summed E-state index contributed by atoms with van der Waals surface area (Å²) in [5.41, 5.74) is 39.8. The lowest BCUT2D eigenvalue weighted by atomic mass is 9.96. The molecule has 47 heteroatoms. The van der Waals surface area contributed by atoms with Gasteiger partial charge in [0.2, 0.25) is 82.7 Å². The highest BCUT2D eigenvalue weighted by atomic mass is 32.1. The third-order valence-electron chi connectivity index (χ3n) is 19.2. The number of thiol groups is 1. The number of amides is 14. The van der Waals surface area contributed by atoms with Crippen LogP contribution in [0.1, 0.15) is 143 Å². The normalized spacial score (nSPS) is 16.4. The Labute approximate surface area is 699 Å². The molecule has 2 rings (SSSR count). The van der Waals surface area contributed by atoms with Gasteiger partial charge in [-0.3, -0.25) is 81.9 Å². The van der Waals surface area contributed by atoms with Gasteiger partial charge in [-0.25, -0.2) is 4.79 Å². The van der Waals surface area contributed by atoms with E-state index >= 15 is 0 Å². The zero-order valence-electron chi connectivity index (χ0n) is 68.4. The number of nitrogens with two attached hydrogens (primary N) is 7. The Morgan fingerprint density at radius 2 is 0.883 bits per heavy atom. The molecule has 17 atom stereocenters. The van der Waals surface area contributed by atoms with Crippen LogP contribution in [0.2, 0.25) is 0 Å². The Morgan fingerprint density at radius 1 is 0.483 bits per heavy atom. The van der Waals surface area contributed by atoms with Crippen molar-refractivity contribution in [2.45, 2.75) is 241 Å². The van der Waals surface area contributed by atoms with Crippen molar-refractivity contribution in [2.24, 2.45) is 62.0 Å². The second-order valence-electron chi connectivity index (χ2n) is 29.2. The Hall–Kier alpha value is -10.8. The number of phenolic OH excluding ortho intramolecular Hbond substituents is 1. The number of carbonyl (C=O) groups excluding carboxylic acids is 14. The van der Waals surface area contributed by atoms with E-state index in [0.717, 1.165) is 11.8 Å². The summed E-state index contributed by atoms with van der Waals surface area (Å²) in [5, 5.41) is 102. The molecule has 1 heterocycles. The van der Waals surface area contributed by atoms with Crippen LogP contribution in [-0.4, -0.2) is 302 Å². The summed E-state index contributed by atoms with van der Waals surface area (Å²) in [6.07, 6.45) is -2.25. The lowest BCUT2D eigenvalue weighted by molar-refractivity contribution is -0.143. The molecule has 46 nitrogen and oxygen atoms in total. The van der Waals surface area contributed by atoms with E-state index in [2.05, 4.69) is 91.7 Å². The van der Waals surface area contributed by atoms with E-state index in [1.165, 1.54) is 38.1 Å². The third kappa shape index (κ3) is 37.2. The molecular weight excluding hydrogens is 1600 g/mol. The molecule has 1 fully saturated rings. The number of aliphatic hydroxyl groups is 4. The van der Waals surface area contributed by atoms with Gasteiger partial charge in [0.15, 0.2) is 11.9 Å². The van der Waals surface area contributed by atoms with E-state index in [-0.39, 0.29) is 127 Å². The summed E-state index contributed by atoms with van der Waals surface area (Å²) < 4.78 is 0. The van der Waals surface area contributed by atoms with E-state index < -0.39 is 242 Å². The molecule has 0 radical (unpaired) electrons. The number of carboxylic acid groups (broad SMARTS) is 2. The first-order chi connectivity index (χ1) is 56.6. The number of guanidine groups is 2. The maximum Gasteiger partial charge on any atom is 0.326 e. The third-order valence-corrected chi connectivity index (χ3v) is 19.6. The average molecular weight is 1730 g/mol. The van der Waals surface area contributed by atoms with Crippen LogP contribution in [0.4, 0.5) is 0 Å². The van der Waals surface area contributed by atoms with Crippen LogP contribution in [-0.2, 0) is 83.1 Å². The molecule has 34 N–H and O–H groups in total. The van der Waals surface area contributed by atoms with Crippen molar-refractivity contribution in [3.05, 3.63) is 29.8 Å². The van der Waals surface area contributed by atoms with Crippen LogP contribution in [0.3, 0.4) is 0 Å². The fourth-order valence-corrected chi connectivity index (χ4v) is 12.3. The highest BCUT2D eigenvalue weighted by Gasteiger charge is 2.42. The summed E-state index contributed by atoms with van der Waals surface area (Å²) in [7, 11) is 0. The first-order valence-electron chi connectivity index (χ1n) is 39.5. The number of hydrogen-bond donors (Lipinski definition) is 28. The number of carbonyl (C=O) groups is 16. The molecule has 0 aromatic heterocycles. The average Bonchev–Trinajstić information content (AvgIpc) is 1.03. The molecule has 1 saturated heterocycles. The quantitative estimate of drug-likeness (QED) is 0.0125. The van der Waals surface area contributed by atoms with Crippen molar-refractivity contribution in [3.63, 3.8) is 0 Å². The Bertz CT molecular complexity index is 3630. The van der Waals surface area contributed by atoms with Gasteiger partial charge in [0.1, 0.15) is 96.4 Å². The van der Waals surface area contributed by atoms with Gasteiger partial charge in [-0.2, -0.15) is 12.6 Å². The van der Waals surface area contributed by atoms with Crippen molar-refractivity contribution in [1.29, 1.82) is 0 Å². The number of nitrogens with zero attached hydrogens (tertiary/aromatic N) is 3. The van der Waals surface area contributed by atoms with Gasteiger partial charge >= 0.3 is 11.9 Å². The molecule has 0 saturated carbocycles. The van der Waals surface area contributed by atoms with Crippen LogP contribution in [0.25, 0.3) is 0 Å². The number of benzene rings is 1. The number of hydrogen-bond acceptors (Lipinski definition) is 27. The van der Waals surface area contributed by atoms with Crippen LogP contribution in [0, 0.1) is 11.8 Å². The monoisotopic (exact) mass is 1720 g/mol. The largest absolute Gasteiger partial charge is 0.508 e. The number of phenols is 1. The SMILES string of the molecule is CC[C@H](C)[C@H](NC(=O)[C@H](CCCN=C(N)N)NC(=O)[C@H](CCCN=C(N)N)NC(=O)[C@H](Cc1ccc(O)cc1)NC(=O)[C@@H](N)CO)C(=O)N[C@H](C(=O)N[C@@H](CO)C(=O)N[C@@H](CO)C(=O)N[C@@H](CCCCN)C(=O)N[C@@H](CS)C(=O)N1CCC[C@H]1C(=O)N[C@@H](CCCCN)C(=O)N[C@@H](CCC(=O)O)C(=O)N[C@@H](C)C(=O)N[C@H](C(=O)O)C(C)C)[C@@H](C)O. The number of aliphatic carboxylic acids is 2. The lowest BCUT2D eigenvalue weighted by Gasteiger charge is -2.31. The Morgan fingerprint density at radius 3 is 1.32 bits per heavy atom. The zero-order valence-corrected chi connectivity index (χ0v) is 69.3. The van der Waals surface area contributed by atoms with Gasteiger partial charge in [0.05, 0.1) is 25.9 Å². The fourth-order valence-electron chi connectivity index (χ4n) is 12.1. The second kappa shape index (κ2) is 55.1. The summed E-state index contributed by atoms with van der Waals surface area (Å²) in [6.45, 7) is 5.47. The molecule has 14 amide bonds. The summed E-state index contributed by atoms with van der Waals surface area (Å²) in [5.74, 6) is -19.5. The summed E-state index contributed by atoms with van der Waals surface area (Å²) in [4.78, 5) is 229. The fraction of sp³-hybridized carbons (Fsp3) is 0.671. The van der Waals surface area contributed by atoms with Crippen molar-refractivity contribution in [1.82, 2.24) is 74.0 Å². The molecular formula is C73H125N23O23S. The van der Waals surface area contributed by atoms with E-state index in [4.69, 9.17) is 40.1 Å². The summed E-state index contributed by atoms with van der Waals surface area (Å²) >= 11 is 4.31. The van der Waals surface area contributed by atoms with Gasteiger partial charge in [0.25, 0.3) is 0 Å². The number of aliphatic imine (C=N–C) groups is 2. The van der Waals surface area contributed by atoms with Crippen LogP contribution >= 0.6 is 12.6 Å². The smallest absolute Gasteiger partial charge is 0.326 e. The minimum atomic E-state index is -2.01. The van der Waals surface area contributed by atoms with E-state index in [1.807, 2.05) is 0 Å². The first-order valence-corrected chi connectivity index (χ1v) is 40.1. The van der Waals surface area contributed by atoms with Gasteiger partial charge < -0.3 is 150 Å². The number of rotatable bonds is 57. The number of nitrogens with one attached hydrogen (secondary N) is 13. The lowest BCUT2D eigenvalue weighted by Crippen LogP contribution is -2.63. The first kappa shape index (κ1) is 105. The van der Waals surface area contributed by atoms with E-state index in [0.29, 0.717) is 18.4 Å². The number of unbranched alkanes of at least 4 members (excludes halogenated alkanes) is 2. The molecule has 0 spiro atoms. The van der Waals surface area contributed by atoms with Gasteiger partial charge in [0, 0.05) is 38.2 Å². The molecule has 676 valence electrons. The predicted molar refractivity (Wildman–Crippen MR) is 437 cm³/mol. The van der Waals surface area contributed by atoms with E-state index in [9.17, 15) is 112 Å². The molecule has 0 unspecified atom stereocenters. The molecule has 0 aliphatic carbocycles. The van der Waals surface area contributed by atoms with Crippen molar-refractivity contribution >= 4 is 119 Å². The molecule has 1 aromatic carbocycles. The predicted octanol–water partition coefficient (Wildman–Crippen LogP) is -10.1. The highest BCUT2D eigenvalue weighted by molar-refractivity contribution is 7.80. The van der Waals surface area contributed by atoms with E-state index in [1.54, 1.807) is 20.8 Å². The van der Waals surface area contributed by atoms with Crippen molar-refractivity contribution in [3.8, 4) is 5.75 Å². The minimum Gasteiger partial charge on any atom is -0.508 e. The van der Waals surface area contributed by atoms with Crippen LogP contribution < -0.4 is 109 Å². The highest BCUT2D eigenvalue weighted by Crippen LogP contribution is 2.21. The van der Waals surface area contributed by atoms with Crippen LogP contribution in [0.15, 0.2) is 34.3 Å². The molecule has 1 aromatic rings. The molecule has 1 aliphatic heterocycles. The van der Waals surface area contributed by atoms with Gasteiger partial charge in [-0.05, 0) is 140 Å². The number of likely N-dealkylation sites (tertiary alicyclic amines) is 1. The van der Waals surface area contributed by atoms with Crippen molar-refractivity contribution in [2.75, 3.05) is 58.3 Å². The number of carboxylic acids is 2. The number of aromatic hydroxyl groups is 1. The number of aliphatic hydroxyl groups excluding tert-OH is 4.